The molecule has 0 unspecified atom stereocenters. The van der Waals surface area contributed by atoms with Crippen molar-refractivity contribution in [1.82, 2.24) is 24.6 Å². The Kier molecular flexibility index (Phi) is 7.16. The van der Waals surface area contributed by atoms with E-state index in [9.17, 15) is 13.2 Å². The van der Waals surface area contributed by atoms with E-state index in [2.05, 4.69) is 30.9 Å². The molecule has 0 spiro atoms. The highest BCUT2D eigenvalue weighted by molar-refractivity contribution is 7.88. The number of nitrogens with zero attached hydrogens (tertiary/aromatic N) is 4. The second-order valence-corrected chi connectivity index (χ2v) is 9.16. The second-order valence-electron chi connectivity index (χ2n) is 7.18. The monoisotopic (exact) mass is 433 g/mol. The van der Waals surface area contributed by atoms with Gasteiger partial charge in [-0.2, -0.15) is 0 Å². The van der Waals surface area contributed by atoms with Crippen LogP contribution in [0, 0.1) is 12.8 Å². The summed E-state index contributed by atoms with van der Waals surface area (Å²) in [6.07, 6.45) is 3.98. The van der Waals surface area contributed by atoms with Gasteiger partial charge in [-0.3, -0.25) is 4.79 Å². The highest BCUT2D eigenvalue weighted by Crippen LogP contribution is 2.19. The van der Waals surface area contributed by atoms with Crippen molar-refractivity contribution in [3.05, 3.63) is 36.3 Å². The van der Waals surface area contributed by atoms with Gasteiger partial charge in [0.1, 0.15) is 23.3 Å². The summed E-state index contributed by atoms with van der Waals surface area (Å²) >= 11 is 0. The quantitative estimate of drug-likeness (QED) is 0.528. The fourth-order valence-corrected chi connectivity index (χ4v) is 4.13. The zero-order chi connectivity index (χ0) is 21.6. The molecule has 1 fully saturated rings. The van der Waals surface area contributed by atoms with E-state index >= 15 is 0 Å². The van der Waals surface area contributed by atoms with Gasteiger partial charge in [0.05, 0.1) is 6.26 Å². The van der Waals surface area contributed by atoms with Gasteiger partial charge in [-0.1, -0.05) is 6.07 Å². The van der Waals surface area contributed by atoms with Crippen molar-refractivity contribution >= 4 is 33.4 Å². The number of hydrogen-bond acceptors (Lipinski definition) is 8. The number of amides is 1. The lowest BCUT2D eigenvalue weighted by molar-refractivity contribution is -0.126. The topological polar surface area (TPSA) is 129 Å². The number of carbonyl (C=O) groups excluding carboxylic acids is 1. The molecule has 10 nitrogen and oxygen atoms in total. The number of aryl methyl sites for hydroxylation is 1. The third-order valence-electron chi connectivity index (χ3n) is 4.78. The largest absolute Gasteiger partial charge is 0.368 e. The van der Waals surface area contributed by atoms with Gasteiger partial charge in [0.25, 0.3) is 0 Å². The number of pyridine rings is 1. The number of hydrogen-bond donors (Lipinski definition) is 3. The maximum atomic E-state index is 12.3. The van der Waals surface area contributed by atoms with Crippen LogP contribution in [0.4, 0.5) is 17.5 Å². The molecule has 3 heterocycles. The fraction of sp³-hybridized carbons (Fsp3) is 0.474. The number of sulfonamides is 1. The molecular weight excluding hydrogens is 406 g/mol. The maximum absolute atomic E-state index is 12.3. The van der Waals surface area contributed by atoms with Crippen LogP contribution in [-0.2, 0) is 14.8 Å². The molecule has 0 radical (unpaired) electrons. The zero-order valence-electron chi connectivity index (χ0n) is 17.1. The van der Waals surface area contributed by atoms with Crippen LogP contribution in [0.2, 0.25) is 0 Å². The number of piperidine rings is 1. The minimum Gasteiger partial charge on any atom is -0.368 e. The highest BCUT2D eigenvalue weighted by Gasteiger charge is 2.28. The normalized spacial score (nSPS) is 15.5. The van der Waals surface area contributed by atoms with Gasteiger partial charge in [0.15, 0.2) is 0 Å². The van der Waals surface area contributed by atoms with Gasteiger partial charge in [-0.25, -0.2) is 27.7 Å². The Bertz CT molecular complexity index is 961. The Morgan fingerprint density at radius 3 is 2.53 bits per heavy atom. The average molecular weight is 434 g/mol. The standard InChI is InChI=1S/C19H27N7O3S/c1-14-23-17(13-18(24-14)25-16-5-3-4-8-20-16)21-9-10-22-19(27)15-6-11-26(12-7-15)30(2,28)29/h3-5,8,13,15H,6-7,9-12H2,1-2H3,(H,22,27)(H2,20,21,23,24,25). The first-order chi connectivity index (χ1) is 14.3. The van der Waals surface area contributed by atoms with Crippen molar-refractivity contribution in [3.63, 3.8) is 0 Å². The number of anilines is 3. The number of aromatic nitrogens is 3. The first-order valence-corrected chi connectivity index (χ1v) is 11.7. The average Bonchev–Trinajstić information content (AvgIpc) is 2.71. The van der Waals surface area contributed by atoms with E-state index in [4.69, 9.17) is 0 Å². The minimum absolute atomic E-state index is 0.0404. The van der Waals surface area contributed by atoms with E-state index in [0.29, 0.717) is 62.3 Å². The predicted molar refractivity (Wildman–Crippen MR) is 115 cm³/mol. The van der Waals surface area contributed by atoms with E-state index < -0.39 is 10.0 Å². The summed E-state index contributed by atoms with van der Waals surface area (Å²) in [7, 11) is -3.18. The Balaban J connectivity index is 1.44. The van der Waals surface area contributed by atoms with Crippen LogP contribution in [-0.4, -0.2) is 66.0 Å². The molecule has 1 saturated heterocycles. The molecule has 0 bridgehead atoms. The molecule has 3 rings (SSSR count). The fourth-order valence-electron chi connectivity index (χ4n) is 3.26. The van der Waals surface area contributed by atoms with Gasteiger partial charge in [0.2, 0.25) is 15.9 Å². The molecule has 0 aliphatic carbocycles. The zero-order valence-corrected chi connectivity index (χ0v) is 17.9. The molecule has 1 amide bonds. The van der Waals surface area contributed by atoms with Gasteiger partial charge in [-0.05, 0) is 31.9 Å². The third-order valence-corrected chi connectivity index (χ3v) is 6.09. The lowest BCUT2D eigenvalue weighted by Crippen LogP contribution is -2.43. The van der Waals surface area contributed by atoms with Gasteiger partial charge >= 0.3 is 0 Å². The number of rotatable bonds is 8. The molecule has 1 aliphatic rings. The lowest BCUT2D eigenvalue weighted by atomic mass is 9.97. The molecular formula is C19H27N7O3S. The lowest BCUT2D eigenvalue weighted by Gasteiger charge is -2.29. The summed E-state index contributed by atoms with van der Waals surface area (Å²) in [6, 6.07) is 7.35. The summed E-state index contributed by atoms with van der Waals surface area (Å²) in [6.45, 7) is 3.53. The SMILES string of the molecule is Cc1nc(NCCNC(=O)C2CCN(S(C)(=O)=O)CC2)cc(Nc2ccccn2)n1. The first kappa shape index (κ1) is 21.9. The Labute approximate surface area is 176 Å². The van der Waals surface area contributed by atoms with Crippen LogP contribution in [0.15, 0.2) is 30.5 Å². The van der Waals surface area contributed by atoms with E-state index in [1.807, 2.05) is 18.2 Å². The second kappa shape index (κ2) is 9.81. The van der Waals surface area contributed by atoms with E-state index in [-0.39, 0.29) is 11.8 Å². The maximum Gasteiger partial charge on any atom is 0.223 e. The molecule has 2 aromatic heterocycles. The van der Waals surface area contributed by atoms with E-state index in [1.54, 1.807) is 19.2 Å². The number of carbonyl (C=O) groups is 1. The van der Waals surface area contributed by atoms with Gasteiger partial charge in [-0.15, -0.1) is 0 Å². The molecule has 0 saturated carbocycles. The van der Waals surface area contributed by atoms with Crippen LogP contribution in [0.1, 0.15) is 18.7 Å². The first-order valence-electron chi connectivity index (χ1n) is 9.82. The van der Waals surface area contributed by atoms with Crippen molar-refractivity contribution in [2.45, 2.75) is 19.8 Å². The molecule has 0 atom stereocenters. The molecule has 0 aromatic carbocycles. The van der Waals surface area contributed by atoms with E-state index in [0.717, 1.165) is 0 Å². The van der Waals surface area contributed by atoms with Crippen LogP contribution < -0.4 is 16.0 Å². The van der Waals surface area contributed by atoms with Crippen LogP contribution in [0.3, 0.4) is 0 Å². The molecule has 3 N–H and O–H groups in total. The van der Waals surface area contributed by atoms with Crippen molar-refractivity contribution < 1.29 is 13.2 Å². The smallest absolute Gasteiger partial charge is 0.223 e. The Hall–Kier alpha value is -2.79. The summed E-state index contributed by atoms with van der Waals surface area (Å²) in [5.74, 6) is 2.39. The summed E-state index contributed by atoms with van der Waals surface area (Å²) < 4.78 is 24.5. The van der Waals surface area contributed by atoms with Crippen LogP contribution in [0.5, 0.6) is 0 Å². The molecule has 162 valence electrons. The van der Waals surface area contributed by atoms with Crippen LogP contribution in [0.25, 0.3) is 0 Å². The predicted octanol–water partition coefficient (Wildman–Crippen LogP) is 1.12. The van der Waals surface area contributed by atoms with Crippen molar-refractivity contribution in [2.24, 2.45) is 5.92 Å². The van der Waals surface area contributed by atoms with Crippen molar-refractivity contribution in [1.29, 1.82) is 0 Å². The molecule has 30 heavy (non-hydrogen) atoms. The minimum atomic E-state index is -3.18. The molecule has 11 heteroatoms. The Morgan fingerprint density at radius 2 is 1.87 bits per heavy atom. The summed E-state index contributed by atoms with van der Waals surface area (Å²) in [5, 5.41) is 9.22. The van der Waals surface area contributed by atoms with Crippen LogP contribution >= 0.6 is 0 Å². The van der Waals surface area contributed by atoms with Gasteiger partial charge in [0, 0.05) is 44.4 Å². The highest BCUT2D eigenvalue weighted by atomic mass is 32.2. The third kappa shape index (κ3) is 6.36. The van der Waals surface area contributed by atoms with Crippen molar-refractivity contribution in [2.75, 3.05) is 43.1 Å². The molecule has 1 aliphatic heterocycles. The van der Waals surface area contributed by atoms with Gasteiger partial charge < -0.3 is 16.0 Å². The number of nitrogens with one attached hydrogen (secondary N) is 3. The summed E-state index contributed by atoms with van der Waals surface area (Å²) in [5.41, 5.74) is 0. The Morgan fingerprint density at radius 1 is 1.13 bits per heavy atom. The summed E-state index contributed by atoms with van der Waals surface area (Å²) in [4.78, 5) is 25.2. The van der Waals surface area contributed by atoms with Crippen molar-refractivity contribution in [3.8, 4) is 0 Å². The van der Waals surface area contributed by atoms with E-state index in [1.165, 1.54) is 10.6 Å². The molecule has 2 aromatic rings.